The third kappa shape index (κ3) is 6.63. The van der Waals surface area contributed by atoms with Gasteiger partial charge in [0.15, 0.2) is 17.0 Å². The number of nitrogens with one attached hydrogen (secondary N) is 2. The summed E-state index contributed by atoms with van der Waals surface area (Å²) < 4.78 is 7.73. The number of aromatic nitrogens is 4. The van der Waals surface area contributed by atoms with E-state index in [0.29, 0.717) is 24.1 Å². The zero-order chi connectivity index (χ0) is 21.8. The van der Waals surface area contributed by atoms with Crippen LogP contribution >= 0.6 is 24.8 Å². The van der Waals surface area contributed by atoms with Crippen LogP contribution in [0.1, 0.15) is 63.8 Å². The molecule has 2 aliphatic carbocycles. The number of morpholine rings is 1. The molecular weight excluding hydrogens is 475 g/mol. The zero-order valence-corrected chi connectivity index (χ0v) is 21.6. The van der Waals surface area contributed by atoms with Crippen molar-refractivity contribution in [1.29, 1.82) is 0 Å². The number of anilines is 2. The third-order valence-electron chi connectivity index (χ3n) is 7.29. The van der Waals surface area contributed by atoms with Crippen LogP contribution in [0.3, 0.4) is 0 Å². The molecule has 1 saturated heterocycles. The minimum absolute atomic E-state index is 0. The summed E-state index contributed by atoms with van der Waals surface area (Å²) in [5.41, 5.74) is 7.94. The van der Waals surface area contributed by atoms with Crippen LogP contribution in [0.25, 0.3) is 11.2 Å². The molecule has 0 amide bonds. The predicted octanol–water partition coefficient (Wildman–Crippen LogP) is 3.60. The molecule has 11 heteroatoms. The summed E-state index contributed by atoms with van der Waals surface area (Å²) in [5.74, 6) is 1.57. The number of hydrogen-bond acceptors (Lipinski definition) is 8. The summed E-state index contributed by atoms with van der Waals surface area (Å²) in [5, 5.41) is 7.17. The van der Waals surface area contributed by atoms with Crippen LogP contribution in [-0.2, 0) is 4.74 Å². The van der Waals surface area contributed by atoms with Crippen LogP contribution in [0.4, 0.5) is 11.8 Å². The number of fused-ring (bicyclic) bond motifs is 1. The smallest absolute Gasteiger partial charge is 0.227 e. The lowest BCUT2D eigenvalue weighted by Gasteiger charge is -2.27. The molecule has 34 heavy (non-hydrogen) atoms. The Morgan fingerprint density at radius 1 is 1.00 bits per heavy atom. The Hall–Kier alpha value is -1.39. The second-order valence-electron chi connectivity index (χ2n) is 9.65. The highest BCUT2D eigenvalue weighted by atomic mass is 35.5. The van der Waals surface area contributed by atoms with E-state index in [1.54, 1.807) is 0 Å². The van der Waals surface area contributed by atoms with Crippen molar-refractivity contribution in [3.05, 3.63) is 6.33 Å². The molecule has 0 aromatic carbocycles. The minimum Gasteiger partial charge on any atom is -0.379 e. The highest BCUT2D eigenvalue weighted by molar-refractivity contribution is 5.86. The van der Waals surface area contributed by atoms with E-state index in [2.05, 4.69) is 20.1 Å². The number of nitrogens with two attached hydrogens (primary N) is 1. The van der Waals surface area contributed by atoms with Gasteiger partial charge in [0.25, 0.3) is 0 Å². The van der Waals surface area contributed by atoms with Crippen molar-refractivity contribution in [2.24, 2.45) is 5.73 Å². The summed E-state index contributed by atoms with van der Waals surface area (Å²) in [7, 11) is 0. The molecule has 5 rings (SSSR count). The van der Waals surface area contributed by atoms with Crippen LogP contribution in [-0.4, -0.2) is 75.9 Å². The summed E-state index contributed by atoms with van der Waals surface area (Å²) >= 11 is 0. The van der Waals surface area contributed by atoms with E-state index in [1.165, 1.54) is 25.7 Å². The fourth-order valence-corrected chi connectivity index (χ4v) is 5.33. The van der Waals surface area contributed by atoms with Crippen molar-refractivity contribution in [3.63, 3.8) is 0 Å². The maximum Gasteiger partial charge on any atom is 0.227 e. The molecule has 3 heterocycles. The van der Waals surface area contributed by atoms with Gasteiger partial charge in [-0.25, -0.2) is 4.98 Å². The predicted molar refractivity (Wildman–Crippen MR) is 142 cm³/mol. The maximum atomic E-state index is 6.10. The van der Waals surface area contributed by atoms with Gasteiger partial charge in [0, 0.05) is 37.8 Å². The zero-order valence-electron chi connectivity index (χ0n) is 20.0. The first kappa shape index (κ1) is 27.2. The van der Waals surface area contributed by atoms with Gasteiger partial charge in [0.05, 0.1) is 19.5 Å². The molecule has 1 aliphatic heterocycles. The first-order valence-corrected chi connectivity index (χ1v) is 12.6. The van der Waals surface area contributed by atoms with Gasteiger partial charge in [0.1, 0.15) is 0 Å². The van der Waals surface area contributed by atoms with Gasteiger partial charge in [-0.2, -0.15) is 9.97 Å². The lowest BCUT2D eigenvalue weighted by molar-refractivity contribution is 0.0378. The highest BCUT2D eigenvalue weighted by Gasteiger charge is 2.24. The molecule has 0 radical (unpaired) electrons. The van der Waals surface area contributed by atoms with E-state index >= 15 is 0 Å². The van der Waals surface area contributed by atoms with E-state index in [9.17, 15) is 0 Å². The Labute approximate surface area is 214 Å². The molecule has 2 aromatic rings. The fourth-order valence-electron chi connectivity index (χ4n) is 5.33. The van der Waals surface area contributed by atoms with E-state index in [4.69, 9.17) is 25.4 Å². The van der Waals surface area contributed by atoms with E-state index in [0.717, 1.165) is 88.5 Å². The summed E-state index contributed by atoms with van der Waals surface area (Å²) in [6.07, 6.45) is 12.3. The maximum absolute atomic E-state index is 6.10. The van der Waals surface area contributed by atoms with E-state index < -0.39 is 0 Å². The molecule has 4 N–H and O–H groups in total. The van der Waals surface area contributed by atoms with Gasteiger partial charge in [-0.05, 0) is 51.5 Å². The van der Waals surface area contributed by atoms with Crippen LogP contribution in [0.15, 0.2) is 6.33 Å². The number of nitrogens with zero attached hydrogens (tertiary/aromatic N) is 5. The third-order valence-corrected chi connectivity index (χ3v) is 7.29. The summed E-state index contributed by atoms with van der Waals surface area (Å²) in [4.78, 5) is 17.0. The molecular formula is C23H40Cl2N8O. The second-order valence-corrected chi connectivity index (χ2v) is 9.65. The van der Waals surface area contributed by atoms with Crippen molar-refractivity contribution < 1.29 is 4.74 Å². The van der Waals surface area contributed by atoms with Crippen LogP contribution in [0.2, 0.25) is 0 Å². The van der Waals surface area contributed by atoms with Gasteiger partial charge in [-0.15, -0.1) is 24.8 Å². The molecule has 3 aliphatic rings. The Balaban J connectivity index is 0.00000162. The molecule has 2 saturated carbocycles. The second kappa shape index (κ2) is 13.1. The largest absolute Gasteiger partial charge is 0.379 e. The standard InChI is InChI=1S/C23H38N8O.2ClH/c24-17-6-8-18(9-7-17)27-23-28-21(25-10-3-11-30-12-14-32-15-13-30)20-22(29-23)31(16-26-20)19-4-1-2-5-19;;/h16-19H,1-15,24H2,(H2,25,27,28,29);2*1H. The van der Waals surface area contributed by atoms with Crippen molar-refractivity contribution in [1.82, 2.24) is 24.4 Å². The lowest BCUT2D eigenvalue weighted by Crippen LogP contribution is -2.37. The SMILES string of the molecule is Cl.Cl.NC1CCC(Nc2nc(NCCCN3CCOCC3)c3ncn(C4CCCC4)c3n2)CC1. The topological polar surface area (TPSA) is 106 Å². The normalized spacial score (nSPS) is 23.9. The van der Waals surface area contributed by atoms with Crippen molar-refractivity contribution in [3.8, 4) is 0 Å². The molecule has 0 spiro atoms. The first-order valence-electron chi connectivity index (χ1n) is 12.6. The van der Waals surface area contributed by atoms with Gasteiger partial charge < -0.3 is 25.7 Å². The minimum atomic E-state index is 0. The molecule has 3 fully saturated rings. The van der Waals surface area contributed by atoms with Crippen molar-refractivity contribution in [2.45, 2.75) is 75.9 Å². The Bertz CT molecular complexity index is 877. The summed E-state index contributed by atoms with van der Waals surface area (Å²) in [6, 6.07) is 1.23. The molecule has 192 valence electrons. The van der Waals surface area contributed by atoms with Gasteiger partial charge in [0.2, 0.25) is 5.95 Å². The number of rotatable bonds is 8. The molecule has 0 bridgehead atoms. The molecule has 0 atom stereocenters. The van der Waals surface area contributed by atoms with E-state index in [-0.39, 0.29) is 24.8 Å². The van der Waals surface area contributed by atoms with Crippen LogP contribution < -0.4 is 16.4 Å². The van der Waals surface area contributed by atoms with Crippen molar-refractivity contribution >= 4 is 47.7 Å². The van der Waals surface area contributed by atoms with E-state index in [1.807, 2.05) is 6.33 Å². The monoisotopic (exact) mass is 514 g/mol. The summed E-state index contributed by atoms with van der Waals surface area (Å²) in [6.45, 7) is 5.71. The quantitative estimate of drug-likeness (QED) is 0.458. The number of halogens is 2. The number of ether oxygens (including phenoxy) is 1. The van der Waals surface area contributed by atoms with Crippen LogP contribution in [0, 0.1) is 0 Å². The molecule has 9 nitrogen and oxygen atoms in total. The van der Waals surface area contributed by atoms with Crippen LogP contribution in [0.5, 0.6) is 0 Å². The Morgan fingerprint density at radius 3 is 2.47 bits per heavy atom. The fraction of sp³-hybridized carbons (Fsp3) is 0.783. The Kier molecular flexibility index (Phi) is 10.5. The highest BCUT2D eigenvalue weighted by Crippen LogP contribution is 2.33. The Morgan fingerprint density at radius 2 is 1.74 bits per heavy atom. The number of hydrogen-bond donors (Lipinski definition) is 3. The average Bonchev–Trinajstić information content (AvgIpc) is 3.49. The molecule has 0 unspecified atom stereocenters. The lowest BCUT2D eigenvalue weighted by atomic mass is 9.92. The number of imidazole rings is 1. The van der Waals surface area contributed by atoms with Gasteiger partial charge in [-0.1, -0.05) is 12.8 Å². The first-order chi connectivity index (χ1) is 15.8. The van der Waals surface area contributed by atoms with Gasteiger partial charge >= 0.3 is 0 Å². The van der Waals surface area contributed by atoms with Crippen molar-refractivity contribution in [2.75, 3.05) is 50.0 Å². The van der Waals surface area contributed by atoms with Gasteiger partial charge in [-0.3, -0.25) is 4.90 Å². The molecule has 2 aromatic heterocycles. The average molecular weight is 516 g/mol.